The lowest BCUT2D eigenvalue weighted by molar-refractivity contribution is -0.235. The van der Waals surface area contributed by atoms with Crippen molar-refractivity contribution in [1.82, 2.24) is 5.32 Å². The molecule has 4 saturated carbocycles. The first-order valence-corrected chi connectivity index (χ1v) is 19.2. The second-order valence-electron chi connectivity index (χ2n) is 18.2. The van der Waals surface area contributed by atoms with E-state index in [0.29, 0.717) is 31.3 Å². The second kappa shape index (κ2) is 13.5. The molecular formula is C42H61NO7. The minimum absolute atomic E-state index is 0.000383. The molecule has 8 nitrogen and oxygen atoms in total. The summed E-state index contributed by atoms with van der Waals surface area (Å²) in [5, 5.41) is 24.5. The summed E-state index contributed by atoms with van der Waals surface area (Å²) in [4.78, 5) is 37.5. The zero-order valence-corrected chi connectivity index (χ0v) is 31.5. The summed E-state index contributed by atoms with van der Waals surface area (Å²) in [6.45, 7) is 16.7. The molecule has 0 aromatic heterocycles. The largest absolute Gasteiger partial charge is 0.480 e. The van der Waals surface area contributed by atoms with E-state index in [4.69, 9.17) is 14.6 Å². The van der Waals surface area contributed by atoms with Gasteiger partial charge in [0.15, 0.2) is 5.78 Å². The molecule has 8 heteroatoms. The Morgan fingerprint density at radius 2 is 1.62 bits per heavy atom. The van der Waals surface area contributed by atoms with Crippen LogP contribution in [0, 0.1) is 50.7 Å². The average Bonchev–Trinajstić information content (AvgIpc) is 3.36. The van der Waals surface area contributed by atoms with Gasteiger partial charge < -0.3 is 25.0 Å². The standard InChI is InChI=1S/C42H61NO7/c1-26(2)36-29(44)21-42(32(45)23-43-22-27-11-9-8-10-12-27)20-19-40(6)28(37(36)42)13-14-31-39(5)17-16-33(50-35(48)25-49-24-34(46)47)38(3,4)30(39)15-18-41(31,40)7/h8-12,26,28,30-33,43,45H,13-25H2,1-7H3,(H,46,47)/t28-,30+,31-,32?,33+,39+,40-,41-,42+/m1/s1. The van der Waals surface area contributed by atoms with Crippen LogP contribution in [0.1, 0.15) is 112 Å². The Hall–Kier alpha value is -2.55. The fourth-order valence-corrected chi connectivity index (χ4v) is 12.8. The number of aliphatic hydroxyl groups is 1. The predicted octanol–water partition coefficient (Wildman–Crippen LogP) is 7.13. The Balaban J connectivity index is 1.25. The highest BCUT2D eigenvalue weighted by Gasteiger charge is 2.70. The number of aliphatic carboxylic acids is 1. The molecule has 3 N–H and O–H groups in total. The van der Waals surface area contributed by atoms with E-state index >= 15 is 0 Å². The summed E-state index contributed by atoms with van der Waals surface area (Å²) >= 11 is 0. The third-order valence-corrected chi connectivity index (χ3v) is 15.3. The van der Waals surface area contributed by atoms with E-state index in [1.165, 1.54) is 11.1 Å². The molecule has 0 spiro atoms. The number of esters is 1. The van der Waals surface area contributed by atoms with Crippen molar-refractivity contribution < 1.29 is 34.1 Å². The number of hydrogen-bond acceptors (Lipinski definition) is 7. The van der Waals surface area contributed by atoms with Gasteiger partial charge in [0.2, 0.25) is 0 Å². The number of ether oxygens (including phenoxy) is 2. The first-order valence-electron chi connectivity index (χ1n) is 19.2. The number of allylic oxidation sites excluding steroid dienone is 1. The van der Waals surface area contributed by atoms with Gasteiger partial charge in [-0.25, -0.2) is 9.59 Å². The second-order valence-corrected chi connectivity index (χ2v) is 18.2. The van der Waals surface area contributed by atoms with Crippen LogP contribution in [0.15, 0.2) is 41.5 Å². The van der Waals surface area contributed by atoms with Crippen molar-refractivity contribution in [3.05, 3.63) is 47.0 Å². The van der Waals surface area contributed by atoms with Crippen LogP contribution in [0.25, 0.3) is 0 Å². The SMILES string of the molecule is CC(C)C1=C2[C@H]3CC[C@@H]4[C@@]5(C)CC[C@H](OC(=O)COCC(=O)O)C(C)(C)[C@@H]5CC[C@@]4(C)[C@]3(C)CC[C@@]2(C(O)CNCc2ccccc2)CC1=O. The van der Waals surface area contributed by atoms with Gasteiger partial charge in [0.05, 0.1) is 6.10 Å². The number of ketones is 1. The van der Waals surface area contributed by atoms with E-state index in [1.807, 2.05) is 18.2 Å². The van der Waals surface area contributed by atoms with Crippen LogP contribution in [-0.4, -0.2) is 59.9 Å². The number of aliphatic hydroxyl groups excluding tert-OH is 1. The van der Waals surface area contributed by atoms with Gasteiger partial charge in [-0.2, -0.15) is 0 Å². The summed E-state index contributed by atoms with van der Waals surface area (Å²) in [6, 6.07) is 10.3. The highest BCUT2D eigenvalue weighted by Crippen LogP contribution is 2.77. The van der Waals surface area contributed by atoms with Gasteiger partial charge in [-0.1, -0.05) is 84.4 Å². The van der Waals surface area contributed by atoms with E-state index in [0.717, 1.165) is 56.9 Å². The van der Waals surface area contributed by atoms with Crippen molar-refractivity contribution in [2.24, 2.45) is 50.7 Å². The summed E-state index contributed by atoms with van der Waals surface area (Å²) in [6.07, 6.45) is 7.41. The molecule has 0 aliphatic heterocycles. The summed E-state index contributed by atoms with van der Waals surface area (Å²) in [7, 11) is 0. The maximum Gasteiger partial charge on any atom is 0.332 e. The van der Waals surface area contributed by atoms with Crippen molar-refractivity contribution in [1.29, 1.82) is 0 Å². The minimum atomic E-state index is -1.10. The third kappa shape index (κ3) is 5.89. The van der Waals surface area contributed by atoms with Crippen LogP contribution in [-0.2, 0) is 30.4 Å². The molecule has 6 rings (SSSR count). The molecule has 0 bridgehead atoms. The summed E-state index contributed by atoms with van der Waals surface area (Å²) in [5.41, 5.74) is 2.88. The summed E-state index contributed by atoms with van der Waals surface area (Å²) in [5.74, 6) is -0.0994. The fourth-order valence-electron chi connectivity index (χ4n) is 12.8. The molecule has 0 saturated heterocycles. The Kier molecular flexibility index (Phi) is 10.0. The number of Topliss-reactive ketones (excluding diaryl/α,β-unsaturated/α-hetero) is 1. The van der Waals surface area contributed by atoms with E-state index in [1.54, 1.807) is 0 Å². The monoisotopic (exact) mass is 691 g/mol. The maximum absolute atomic E-state index is 14.0. The molecule has 1 unspecified atom stereocenters. The van der Waals surface area contributed by atoms with Gasteiger partial charge in [0, 0.05) is 30.3 Å². The number of nitrogens with one attached hydrogen (secondary N) is 1. The number of carboxylic acid groups (broad SMARTS) is 1. The van der Waals surface area contributed by atoms with Crippen LogP contribution in [0.3, 0.4) is 0 Å². The van der Waals surface area contributed by atoms with Crippen LogP contribution in [0.5, 0.6) is 0 Å². The number of carbonyl (C=O) groups is 3. The highest BCUT2D eigenvalue weighted by molar-refractivity contribution is 6.00. The molecule has 5 aliphatic rings. The lowest BCUT2D eigenvalue weighted by Crippen LogP contribution is -2.66. The van der Waals surface area contributed by atoms with Crippen molar-refractivity contribution in [2.45, 2.75) is 125 Å². The maximum atomic E-state index is 14.0. The van der Waals surface area contributed by atoms with Gasteiger partial charge in [0.1, 0.15) is 19.3 Å². The highest BCUT2D eigenvalue weighted by atomic mass is 16.6. The lowest BCUT2D eigenvalue weighted by Gasteiger charge is -2.72. The molecule has 9 atom stereocenters. The van der Waals surface area contributed by atoms with Gasteiger partial charge in [-0.15, -0.1) is 0 Å². The third-order valence-electron chi connectivity index (χ3n) is 15.3. The van der Waals surface area contributed by atoms with E-state index in [2.05, 4.69) is 65.9 Å². The molecule has 276 valence electrons. The van der Waals surface area contributed by atoms with Gasteiger partial charge in [0.25, 0.3) is 0 Å². The zero-order chi connectivity index (χ0) is 36.3. The number of carbonyl (C=O) groups excluding carboxylic acids is 2. The zero-order valence-electron chi connectivity index (χ0n) is 31.5. The minimum Gasteiger partial charge on any atom is -0.480 e. The molecule has 4 fully saturated rings. The van der Waals surface area contributed by atoms with Gasteiger partial charge >= 0.3 is 11.9 Å². The number of carboxylic acids is 1. The van der Waals surface area contributed by atoms with Crippen LogP contribution >= 0.6 is 0 Å². The van der Waals surface area contributed by atoms with Crippen molar-refractivity contribution in [2.75, 3.05) is 19.8 Å². The predicted molar refractivity (Wildman–Crippen MR) is 192 cm³/mol. The normalized spacial score (nSPS) is 38.1. The Morgan fingerprint density at radius 1 is 0.900 bits per heavy atom. The van der Waals surface area contributed by atoms with Crippen molar-refractivity contribution in [3.8, 4) is 0 Å². The smallest absolute Gasteiger partial charge is 0.332 e. The molecular weight excluding hydrogens is 630 g/mol. The lowest BCUT2D eigenvalue weighted by atomic mass is 9.33. The quantitative estimate of drug-likeness (QED) is 0.210. The number of fused-ring (bicyclic) bond motifs is 7. The molecule has 1 aromatic rings. The molecule has 0 heterocycles. The first-order chi connectivity index (χ1) is 23.5. The average molecular weight is 692 g/mol. The van der Waals surface area contributed by atoms with Gasteiger partial charge in [-0.05, 0) is 102 Å². The Morgan fingerprint density at radius 3 is 2.30 bits per heavy atom. The van der Waals surface area contributed by atoms with Crippen molar-refractivity contribution >= 4 is 17.7 Å². The van der Waals surface area contributed by atoms with Crippen molar-refractivity contribution in [3.63, 3.8) is 0 Å². The van der Waals surface area contributed by atoms with Crippen LogP contribution in [0.4, 0.5) is 0 Å². The number of hydrogen-bond donors (Lipinski definition) is 3. The van der Waals surface area contributed by atoms with Gasteiger partial charge in [-0.3, -0.25) is 4.79 Å². The van der Waals surface area contributed by atoms with Crippen LogP contribution < -0.4 is 5.32 Å². The molecule has 50 heavy (non-hydrogen) atoms. The summed E-state index contributed by atoms with van der Waals surface area (Å²) < 4.78 is 11.0. The first kappa shape index (κ1) is 37.2. The number of rotatable bonds is 11. The molecule has 0 radical (unpaired) electrons. The number of benzene rings is 1. The van der Waals surface area contributed by atoms with E-state index < -0.39 is 30.1 Å². The van der Waals surface area contributed by atoms with Crippen LogP contribution in [0.2, 0.25) is 0 Å². The molecule has 5 aliphatic carbocycles. The molecule has 0 amide bonds. The molecule has 1 aromatic carbocycles. The topological polar surface area (TPSA) is 122 Å². The fraction of sp³-hybridized carbons (Fsp3) is 0.738. The van der Waals surface area contributed by atoms with E-state index in [-0.39, 0.29) is 52.0 Å². The Labute approximate surface area is 299 Å². The van der Waals surface area contributed by atoms with E-state index in [9.17, 15) is 19.5 Å². The Bertz CT molecular complexity index is 1500.